The van der Waals surface area contributed by atoms with Crippen molar-refractivity contribution in [3.8, 4) is 11.5 Å². The van der Waals surface area contributed by atoms with Crippen LogP contribution >= 0.6 is 0 Å². The van der Waals surface area contributed by atoms with Crippen molar-refractivity contribution < 1.29 is 14.6 Å². The molecular weight excluding hydrogens is 256 g/mol. The van der Waals surface area contributed by atoms with Crippen molar-refractivity contribution in [2.75, 3.05) is 0 Å². The van der Waals surface area contributed by atoms with Crippen molar-refractivity contribution in [3.05, 3.63) is 60.7 Å². The molecule has 5 heteroatoms. The molecule has 0 unspecified atom stereocenters. The Morgan fingerprint density at radius 1 is 1.15 bits per heavy atom. The third kappa shape index (κ3) is 2.29. The van der Waals surface area contributed by atoms with Crippen LogP contribution in [0.5, 0.6) is 11.5 Å². The lowest BCUT2D eigenvalue weighted by Gasteiger charge is -2.08. The number of aromatic carboxylic acids is 1. The molecule has 1 aromatic carbocycles. The van der Waals surface area contributed by atoms with E-state index in [1.54, 1.807) is 18.5 Å². The highest BCUT2D eigenvalue weighted by atomic mass is 16.5. The number of benzene rings is 1. The summed E-state index contributed by atoms with van der Waals surface area (Å²) in [5, 5.41) is 10.8. The molecule has 0 fully saturated rings. The van der Waals surface area contributed by atoms with E-state index in [9.17, 15) is 4.79 Å². The summed E-state index contributed by atoms with van der Waals surface area (Å²) in [6.07, 6.45) is 4.84. The molecule has 0 amide bonds. The standard InChI is InChI=1S/C15H10N2O3/c18-15(19)13-8-11(4-7-17-13)20-14-3-1-2-10-9-16-6-5-12(10)14/h1-9H,(H,18,19). The van der Waals surface area contributed by atoms with Crippen molar-refractivity contribution in [2.24, 2.45) is 0 Å². The SMILES string of the molecule is O=C(O)c1cc(Oc2cccc3cnccc23)ccn1. The smallest absolute Gasteiger partial charge is 0.354 e. The molecule has 5 nitrogen and oxygen atoms in total. The first-order valence-electron chi connectivity index (χ1n) is 5.94. The molecule has 0 saturated heterocycles. The van der Waals surface area contributed by atoms with Gasteiger partial charge in [-0.15, -0.1) is 0 Å². The number of ether oxygens (including phenoxy) is 1. The van der Waals surface area contributed by atoms with Gasteiger partial charge in [0, 0.05) is 35.4 Å². The minimum Gasteiger partial charge on any atom is -0.477 e. The quantitative estimate of drug-likeness (QED) is 0.788. The number of aromatic nitrogens is 2. The van der Waals surface area contributed by atoms with Gasteiger partial charge in [0.15, 0.2) is 5.69 Å². The molecule has 0 atom stereocenters. The highest BCUT2D eigenvalue weighted by Crippen LogP contribution is 2.29. The zero-order valence-electron chi connectivity index (χ0n) is 10.4. The Balaban J connectivity index is 2.01. The van der Waals surface area contributed by atoms with E-state index in [-0.39, 0.29) is 5.69 Å². The van der Waals surface area contributed by atoms with Crippen LogP contribution in [0.25, 0.3) is 10.8 Å². The highest BCUT2D eigenvalue weighted by molar-refractivity contribution is 5.88. The Morgan fingerprint density at radius 3 is 2.90 bits per heavy atom. The van der Waals surface area contributed by atoms with E-state index in [0.717, 1.165) is 10.8 Å². The summed E-state index contributed by atoms with van der Waals surface area (Å²) in [6.45, 7) is 0. The number of nitrogens with zero attached hydrogens (tertiary/aromatic N) is 2. The van der Waals surface area contributed by atoms with E-state index in [0.29, 0.717) is 11.5 Å². The molecule has 0 aliphatic rings. The molecule has 3 aromatic rings. The van der Waals surface area contributed by atoms with Crippen LogP contribution in [-0.2, 0) is 0 Å². The third-order valence-corrected chi connectivity index (χ3v) is 2.82. The summed E-state index contributed by atoms with van der Waals surface area (Å²) in [5.74, 6) is -0.00767. The monoisotopic (exact) mass is 266 g/mol. The first kappa shape index (κ1) is 12.1. The maximum atomic E-state index is 10.9. The molecule has 0 bridgehead atoms. The first-order valence-corrected chi connectivity index (χ1v) is 5.94. The highest BCUT2D eigenvalue weighted by Gasteiger charge is 2.08. The molecule has 0 aliphatic heterocycles. The van der Waals surface area contributed by atoms with Gasteiger partial charge < -0.3 is 9.84 Å². The van der Waals surface area contributed by atoms with Crippen LogP contribution in [0.15, 0.2) is 55.0 Å². The Hall–Kier alpha value is -2.95. The Labute approximate surface area is 114 Å². The molecule has 20 heavy (non-hydrogen) atoms. The van der Waals surface area contributed by atoms with Crippen LogP contribution in [0.4, 0.5) is 0 Å². The van der Waals surface area contributed by atoms with Crippen molar-refractivity contribution >= 4 is 16.7 Å². The number of carboxylic acid groups (broad SMARTS) is 1. The lowest BCUT2D eigenvalue weighted by Crippen LogP contribution is -1.99. The molecular formula is C15H10N2O3. The predicted molar refractivity (Wildman–Crippen MR) is 73.0 cm³/mol. The summed E-state index contributed by atoms with van der Waals surface area (Å²) in [6, 6.07) is 10.5. The van der Waals surface area contributed by atoms with Gasteiger partial charge in [-0.1, -0.05) is 12.1 Å². The average molecular weight is 266 g/mol. The number of carboxylic acids is 1. The summed E-state index contributed by atoms with van der Waals surface area (Å²) in [5.41, 5.74) is -0.0515. The molecule has 2 heterocycles. The number of fused-ring (bicyclic) bond motifs is 1. The topological polar surface area (TPSA) is 72.3 Å². The summed E-state index contributed by atoms with van der Waals surface area (Å²) in [7, 11) is 0. The second kappa shape index (κ2) is 4.97. The van der Waals surface area contributed by atoms with Crippen LogP contribution in [-0.4, -0.2) is 21.0 Å². The van der Waals surface area contributed by atoms with Gasteiger partial charge in [-0.3, -0.25) is 4.98 Å². The summed E-state index contributed by atoms with van der Waals surface area (Å²) in [4.78, 5) is 18.7. The zero-order chi connectivity index (χ0) is 13.9. The molecule has 0 aliphatic carbocycles. The van der Waals surface area contributed by atoms with E-state index in [1.807, 2.05) is 24.3 Å². The molecule has 1 N–H and O–H groups in total. The normalized spacial score (nSPS) is 10.4. The number of hydrogen-bond acceptors (Lipinski definition) is 4. The van der Waals surface area contributed by atoms with Crippen LogP contribution in [0.1, 0.15) is 10.5 Å². The first-order chi connectivity index (χ1) is 9.74. The fourth-order valence-corrected chi connectivity index (χ4v) is 1.90. The van der Waals surface area contributed by atoms with E-state index >= 15 is 0 Å². The van der Waals surface area contributed by atoms with Gasteiger partial charge in [0.1, 0.15) is 11.5 Å². The largest absolute Gasteiger partial charge is 0.477 e. The molecule has 0 saturated carbocycles. The van der Waals surface area contributed by atoms with Crippen LogP contribution in [0.2, 0.25) is 0 Å². The Kier molecular flexibility index (Phi) is 3.01. The maximum Gasteiger partial charge on any atom is 0.354 e. The number of rotatable bonds is 3. The number of pyridine rings is 2. The van der Waals surface area contributed by atoms with Gasteiger partial charge in [0.2, 0.25) is 0 Å². The van der Waals surface area contributed by atoms with Crippen LogP contribution in [0.3, 0.4) is 0 Å². The van der Waals surface area contributed by atoms with E-state index < -0.39 is 5.97 Å². The lowest BCUT2D eigenvalue weighted by atomic mass is 10.1. The van der Waals surface area contributed by atoms with Crippen molar-refractivity contribution in [2.45, 2.75) is 0 Å². The van der Waals surface area contributed by atoms with Crippen LogP contribution < -0.4 is 4.74 Å². The molecule has 2 aromatic heterocycles. The molecule has 0 radical (unpaired) electrons. The van der Waals surface area contributed by atoms with E-state index in [2.05, 4.69) is 9.97 Å². The van der Waals surface area contributed by atoms with Gasteiger partial charge in [-0.2, -0.15) is 0 Å². The van der Waals surface area contributed by atoms with Crippen molar-refractivity contribution in [3.63, 3.8) is 0 Å². The Morgan fingerprint density at radius 2 is 2.05 bits per heavy atom. The van der Waals surface area contributed by atoms with Gasteiger partial charge in [0.05, 0.1) is 0 Å². The van der Waals surface area contributed by atoms with E-state index in [4.69, 9.17) is 9.84 Å². The van der Waals surface area contributed by atoms with Crippen LogP contribution in [0, 0.1) is 0 Å². The minimum absolute atomic E-state index is 0.0515. The lowest BCUT2D eigenvalue weighted by molar-refractivity contribution is 0.0690. The minimum atomic E-state index is -1.09. The van der Waals surface area contributed by atoms with Gasteiger partial charge >= 0.3 is 5.97 Å². The third-order valence-electron chi connectivity index (χ3n) is 2.82. The Bertz CT molecular complexity index is 781. The maximum absolute atomic E-state index is 10.9. The summed E-state index contributed by atoms with van der Waals surface area (Å²) >= 11 is 0. The van der Waals surface area contributed by atoms with Crippen molar-refractivity contribution in [1.29, 1.82) is 0 Å². The summed E-state index contributed by atoms with van der Waals surface area (Å²) < 4.78 is 5.75. The average Bonchev–Trinajstić information content (AvgIpc) is 2.48. The van der Waals surface area contributed by atoms with Crippen molar-refractivity contribution in [1.82, 2.24) is 9.97 Å². The van der Waals surface area contributed by atoms with Gasteiger partial charge in [-0.05, 0) is 18.2 Å². The van der Waals surface area contributed by atoms with Gasteiger partial charge in [0.25, 0.3) is 0 Å². The number of hydrogen-bond donors (Lipinski definition) is 1. The molecule has 0 spiro atoms. The fourth-order valence-electron chi connectivity index (χ4n) is 1.90. The van der Waals surface area contributed by atoms with Gasteiger partial charge in [-0.25, -0.2) is 9.78 Å². The molecule has 3 rings (SSSR count). The zero-order valence-corrected chi connectivity index (χ0v) is 10.4. The fraction of sp³-hybridized carbons (Fsp3) is 0. The molecule has 98 valence electrons. The predicted octanol–water partition coefficient (Wildman–Crippen LogP) is 3.12. The van der Waals surface area contributed by atoms with E-state index in [1.165, 1.54) is 12.3 Å². The number of carbonyl (C=O) groups is 1. The second-order valence-electron chi connectivity index (χ2n) is 4.14. The second-order valence-corrected chi connectivity index (χ2v) is 4.14.